The first kappa shape index (κ1) is 23.8. The quantitative estimate of drug-likeness (QED) is 0.670. The van der Waals surface area contributed by atoms with Crippen molar-refractivity contribution in [3.05, 3.63) is 58.7 Å². The highest BCUT2D eigenvalue weighted by Crippen LogP contribution is 2.67. The van der Waals surface area contributed by atoms with Crippen molar-refractivity contribution in [1.82, 2.24) is 9.80 Å². The molecule has 192 valence electrons. The van der Waals surface area contributed by atoms with Gasteiger partial charge in [-0.3, -0.25) is 4.79 Å². The second-order valence-corrected chi connectivity index (χ2v) is 11.6. The predicted octanol–water partition coefficient (Wildman–Crippen LogP) is 3.58. The van der Waals surface area contributed by atoms with E-state index in [1.807, 2.05) is 24.1 Å². The topological polar surface area (TPSA) is 73.2 Å². The van der Waals surface area contributed by atoms with E-state index in [0.717, 1.165) is 36.9 Å². The number of aryl methyl sites for hydroxylation is 2. The number of amides is 1. The van der Waals surface area contributed by atoms with Gasteiger partial charge in [0.05, 0.1) is 17.1 Å². The molecule has 1 spiro atoms. The van der Waals surface area contributed by atoms with Gasteiger partial charge in [0.25, 0.3) is 0 Å². The highest BCUT2D eigenvalue weighted by atomic mass is 16.5. The summed E-state index contributed by atoms with van der Waals surface area (Å²) >= 11 is 0. The molecule has 2 fully saturated rings. The van der Waals surface area contributed by atoms with Gasteiger partial charge in [0.15, 0.2) is 11.5 Å². The van der Waals surface area contributed by atoms with Crippen LogP contribution in [0.2, 0.25) is 0 Å². The Morgan fingerprint density at radius 3 is 2.83 bits per heavy atom. The van der Waals surface area contributed by atoms with E-state index in [0.29, 0.717) is 25.0 Å². The second-order valence-electron chi connectivity index (χ2n) is 11.6. The van der Waals surface area contributed by atoms with Gasteiger partial charge in [0.1, 0.15) is 6.10 Å². The molecule has 3 unspecified atom stereocenters. The fraction of sp³-hybridized carbons (Fsp3) is 0.567. The van der Waals surface area contributed by atoms with Gasteiger partial charge >= 0.3 is 0 Å². The Morgan fingerprint density at radius 1 is 1.28 bits per heavy atom. The molecule has 2 aliphatic carbocycles. The van der Waals surface area contributed by atoms with Crippen molar-refractivity contribution >= 4 is 5.91 Å². The lowest BCUT2D eigenvalue weighted by Gasteiger charge is -2.67. The summed E-state index contributed by atoms with van der Waals surface area (Å²) in [7, 11) is 4.02. The Bertz CT molecular complexity index is 1210. The zero-order valence-corrected chi connectivity index (χ0v) is 21.8. The minimum Gasteiger partial charge on any atom is -0.504 e. The number of aliphatic hydroxyl groups is 1. The van der Waals surface area contributed by atoms with Crippen LogP contribution in [-0.2, 0) is 23.1 Å². The number of hydrogen-bond donors (Lipinski definition) is 2. The van der Waals surface area contributed by atoms with Crippen LogP contribution >= 0.6 is 0 Å². The third-order valence-corrected chi connectivity index (χ3v) is 10.0. The fourth-order valence-electron chi connectivity index (χ4n) is 8.28. The van der Waals surface area contributed by atoms with Crippen molar-refractivity contribution < 1.29 is 19.7 Å². The molecule has 6 nitrogen and oxygen atoms in total. The molecular formula is C30H38N2O4. The molecule has 1 saturated carbocycles. The first-order chi connectivity index (χ1) is 17.2. The highest BCUT2D eigenvalue weighted by Gasteiger charge is 2.75. The van der Waals surface area contributed by atoms with Crippen molar-refractivity contribution in [2.24, 2.45) is 5.92 Å². The van der Waals surface area contributed by atoms with Gasteiger partial charge in [-0.2, -0.15) is 0 Å². The summed E-state index contributed by atoms with van der Waals surface area (Å²) in [6.07, 6.45) is 3.79. The molecule has 6 rings (SSSR count). The van der Waals surface area contributed by atoms with E-state index in [1.54, 1.807) is 6.07 Å². The van der Waals surface area contributed by atoms with Crippen molar-refractivity contribution in [2.75, 3.05) is 20.6 Å². The minimum atomic E-state index is -0.965. The molecule has 4 aliphatic rings. The van der Waals surface area contributed by atoms with Crippen LogP contribution in [0.1, 0.15) is 54.9 Å². The minimum absolute atomic E-state index is 0.00595. The molecule has 2 N–H and O–H groups in total. The van der Waals surface area contributed by atoms with Crippen LogP contribution in [0.4, 0.5) is 0 Å². The highest BCUT2D eigenvalue weighted by molar-refractivity contribution is 5.77. The summed E-state index contributed by atoms with van der Waals surface area (Å²) in [6.45, 7) is 5.08. The molecule has 36 heavy (non-hydrogen) atoms. The van der Waals surface area contributed by atoms with Crippen LogP contribution in [0.3, 0.4) is 0 Å². The summed E-state index contributed by atoms with van der Waals surface area (Å²) in [5.74, 6) is 0.796. The zero-order chi connectivity index (χ0) is 25.4. The molecule has 2 aliphatic heterocycles. The zero-order valence-electron chi connectivity index (χ0n) is 21.8. The average molecular weight is 491 g/mol. The summed E-state index contributed by atoms with van der Waals surface area (Å²) in [6, 6.07) is 11.9. The summed E-state index contributed by atoms with van der Waals surface area (Å²) < 4.78 is 6.64. The fourth-order valence-corrected chi connectivity index (χ4v) is 8.28. The number of carbonyl (C=O) groups excluding carboxylic acids is 1. The number of carbonyl (C=O) groups is 1. The number of rotatable bonds is 5. The Kier molecular flexibility index (Phi) is 5.44. The Balaban J connectivity index is 1.39. The van der Waals surface area contributed by atoms with Crippen LogP contribution in [0.5, 0.6) is 11.5 Å². The third kappa shape index (κ3) is 3.00. The Labute approximate surface area is 213 Å². The number of likely N-dealkylation sites (tertiary alicyclic amines) is 1. The molecule has 1 saturated heterocycles. The lowest BCUT2D eigenvalue weighted by Crippen LogP contribution is -2.80. The molecule has 6 heteroatoms. The maximum atomic E-state index is 13.5. The Morgan fingerprint density at radius 2 is 2.08 bits per heavy atom. The van der Waals surface area contributed by atoms with E-state index in [4.69, 9.17) is 4.74 Å². The number of benzene rings is 2. The molecule has 6 atom stereocenters. The maximum Gasteiger partial charge on any atom is 0.223 e. The summed E-state index contributed by atoms with van der Waals surface area (Å²) in [4.78, 5) is 17.7. The molecule has 2 bridgehead atoms. The van der Waals surface area contributed by atoms with E-state index in [1.165, 1.54) is 11.1 Å². The smallest absolute Gasteiger partial charge is 0.223 e. The van der Waals surface area contributed by atoms with E-state index < -0.39 is 11.0 Å². The number of hydrogen-bond acceptors (Lipinski definition) is 5. The number of piperidine rings is 1. The van der Waals surface area contributed by atoms with Crippen LogP contribution in [0.15, 0.2) is 36.4 Å². The monoisotopic (exact) mass is 490 g/mol. The molecule has 2 aromatic rings. The first-order valence-corrected chi connectivity index (χ1v) is 13.5. The first-order valence-electron chi connectivity index (χ1n) is 13.5. The number of nitrogens with zero attached hydrogens (tertiary/aromatic N) is 2. The average Bonchev–Trinajstić information content (AvgIpc) is 3.21. The second kappa shape index (κ2) is 8.22. The number of phenols is 1. The van der Waals surface area contributed by atoms with E-state index >= 15 is 0 Å². The van der Waals surface area contributed by atoms with Crippen molar-refractivity contribution in [2.45, 2.75) is 81.6 Å². The van der Waals surface area contributed by atoms with Gasteiger partial charge in [-0.05, 0) is 69.3 Å². The largest absolute Gasteiger partial charge is 0.504 e. The number of phenolic OH excluding ortho intramolecular Hbond substituents is 1. The van der Waals surface area contributed by atoms with Gasteiger partial charge in [-0.15, -0.1) is 0 Å². The summed E-state index contributed by atoms with van der Waals surface area (Å²) in [5, 5.41) is 23.6. The van der Waals surface area contributed by atoms with Crippen molar-refractivity contribution in [3.8, 4) is 11.5 Å². The van der Waals surface area contributed by atoms with E-state index in [2.05, 4.69) is 44.0 Å². The molecule has 2 heterocycles. The standard InChI is InChI=1S/C30H38N2O4/c1-5-21-17-22(32(4)25(34)12-9-19-8-6-7-18(2)15-19)28-29-13-14-31(3)24(30(21,29)35)16-20-10-11-23(33)27(36-28)26(20)29/h6-8,10-11,15,21-22,24,28,33,35H,5,9,12-14,16-17H2,1-4H3/t21?,22?,24-,28?,29+,30-/m1/s1. The molecular weight excluding hydrogens is 452 g/mol. The number of ether oxygens (including phenoxy) is 1. The van der Waals surface area contributed by atoms with E-state index in [-0.39, 0.29) is 35.8 Å². The molecule has 0 aromatic heterocycles. The normalized spacial score (nSPS) is 34.1. The van der Waals surface area contributed by atoms with Crippen LogP contribution in [0.25, 0.3) is 0 Å². The maximum absolute atomic E-state index is 13.5. The number of aromatic hydroxyl groups is 1. The van der Waals surface area contributed by atoms with Crippen molar-refractivity contribution in [3.63, 3.8) is 0 Å². The predicted molar refractivity (Wildman–Crippen MR) is 138 cm³/mol. The lowest BCUT2D eigenvalue weighted by atomic mass is 9.45. The van der Waals surface area contributed by atoms with Gasteiger partial charge in [0, 0.05) is 25.1 Å². The third-order valence-electron chi connectivity index (χ3n) is 10.0. The molecule has 2 aromatic carbocycles. The van der Waals surface area contributed by atoms with Crippen LogP contribution in [0, 0.1) is 12.8 Å². The molecule has 0 radical (unpaired) electrons. The SMILES string of the molecule is CCC1CC(N(C)C(=O)CCc2cccc(C)c2)C2Oc3c(O)ccc4c3[C@@]23CCN(C)[C@H](C4)[C@]13O. The lowest BCUT2D eigenvalue weighted by molar-refractivity contribution is -0.225. The van der Waals surface area contributed by atoms with Crippen molar-refractivity contribution in [1.29, 1.82) is 0 Å². The van der Waals surface area contributed by atoms with E-state index in [9.17, 15) is 15.0 Å². The van der Waals surface area contributed by atoms with Gasteiger partial charge in [-0.1, -0.05) is 49.2 Å². The van der Waals surface area contributed by atoms with Gasteiger partial charge in [-0.25, -0.2) is 0 Å². The molecule has 1 amide bonds. The Hall–Kier alpha value is -2.57. The van der Waals surface area contributed by atoms with Crippen LogP contribution < -0.4 is 4.74 Å². The summed E-state index contributed by atoms with van der Waals surface area (Å²) in [5.41, 5.74) is 2.95. The van der Waals surface area contributed by atoms with Gasteiger partial charge < -0.3 is 24.7 Å². The number of likely N-dealkylation sites (N-methyl/N-ethyl adjacent to an activating group) is 2. The van der Waals surface area contributed by atoms with Crippen LogP contribution in [-0.4, -0.2) is 70.3 Å². The van der Waals surface area contributed by atoms with Gasteiger partial charge in [0.2, 0.25) is 5.91 Å².